The molecule has 0 fully saturated rings. The number of ketones is 1. The molecule has 0 aliphatic rings. The molecule has 1 aromatic carbocycles. The molecule has 2 aromatic rings. The lowest BCUT2D eigenvalue weighted by Crippen LogP contribution is -1.92. The predicted molar refractivity (Wildman–Crippen MR) is 64.2 cm³/mol. The van der Waals surface area contributed by atoms with Crippen LogP contribution in [0.4, 0.5) is 0 Å². The number of aryl methyl sites for hydroxylation is 1. The van der Waals surface area contributed by atoms with Crippen LogP contribution >= 0.6 is 0 Å². The summed E-state index contributed by atoms with van der Waals surface area (Å²) in [5, 5.41) is 0.996. The number of rotatable bonds is 3. The summed E-state index contributed by atoms with van der Waals surface area (Å²) in [6, 6.07) is 5.79. The minimum Gasteiger partial charge on any atom is -0.497 e. The molecule has 3 nitrogen and oxygen atoms in total. The van der Waals surface area contributed by atoms with Gasteiger partial charge in [0.15, 0.2) is 5.78 Å². The monoisotopic (exact) mass is 217 g/mol. The Kier molecular flexibility index (Phi) is 2.69. The van der Waals surface area contributed by atoms with Crippen molar-refractivity contribution < 1.29 is 9.53 Å². The van der Waals surface area contributed by atoms with E-state index in [4.69, 9.17) is 4.74 Å². The van der Waals surface area contributed by atoms with E-state index < -0.39 is 0 Å². The van der Waals surface area contributed by atoms with Crippen LogP contribution in [-0.4, -0.2) is 17.5 Å². The normalized spacial score (nSPS) is 10.7. The maximum absolute atomic E-state index is 11.5. The number of nitrogens with zero attached hydrogens (tertiary/aromatic N) is 1. The lowest BCUT2D eigenvalue weighted by Gasteiger charge is -2.03. The number of carbonyl (C=O) groups is 1. The molecule has 0 aliphatic carbocycles. The highest BCUT2D eigenvalue weighted by Crippen LogP contribution is 2.26. The van der Waals surface area contributed by atoms with Gasteiger partial charge in [0.1, 0.15) is 5.75 Å². The van der Waals surface area contributed by atoms with E-state index in [9.17, 15) is 4.79 Å². The van der Waals surface area contributed by atoms with Crippen LogP contribution in [0.5, 0.6) is 5.75 Å². The molecule has 0 radical (unpaired) electrons. The van der Waals surface area contributed by atoms with Gasteiger partial charge in [0.05, 0.1) is 12.6 Å². The highest BCUT2D eigenvalue weighted by Gasteiger charge is 2.11. The molecule has 1 aromatic heterocycles. The van der Waals surface area contributed by atoms with Crippen LogP contribution < -0.4 is 4.74 Å². The van der Waals surface area contributed by atoms with E-state index in [1.165, 1.54) is 0 Å². The molecule has 84 valence electrons. The van der Waals surface area contributed by atoms with E-state index in [0.29, 0.717) is 0 Å². The highest BCUT2D eigenvalue weighted by atomic mass is 16.5. The molecule has 0 atom stereocenters. The maximum atomic E-state index is 11.5. The van der Waals surface area contributed by atoms with Crippen molar-refractivity contribution >= 4 is 16.7 Å². The second-order valence-electron chi connectivity index (χ2n) is 3.77. The first-order chi connectivity index (χ1) is 7.67. The Morgan fingerprint density at radius 1 is 1.44 bits per heavy atom. The van der Waals surface area contributed by atoms with Gasteiger partial charge in [0.25, 0.3) is 0 Å². The summed E-state index contributed by atoms with van der Waals surface area (Å²) in [5.41, 5.74) is 1.83. The minimum atomic E-state index is 0.0994. The largest absolute Gasteiger partial charge is 0.497 e. The number of fused-ring (bicyclic) bond motifs is 1. The predicted octanol–water partition coefficient (Wildman–Crippen LogP) is 2.87. The Bertz CT molecular complexity index is 540. The number of aromatic nitrogens is 1. The molecular weight excluding hydrogens is 202 g/mol. The van der Waals surface area contributed by atoms with Crippen molar-refractivity contribution in [1.82, 2.24) is 4.57 Å². The van der Waals surface area contributed by atoms with Crippen LogP contribution in [0, 0.1) is 0 Å². The van der Waals surface area contributed by atoms with E-state index in [-0.39, 0.29) is 5.78 Å². The smallest absolute Gasteiger partial charge is 0.161 e. The van der Waals surface area contributed by atoms with Gasteiger partial charge in [-0.25, -0.2) is 0 Å². The lowest BCUT2D eigenvalue weighted by molar-refractivity contribution is 0.101. The molecule has 0 N–H and O–H groups in total. The van der Waals surface area contributed by atoms with Gasteiger partial charge in [-0.15, -0.1) is 0 Å². The molecule has 3 heteroatoms. The summed E-state index contributed by atoms with van der Waals surface area (Å²) in [4.78, 5) is 11.5. The molecule has 0 saturated carbocycles. The van der Waals surface area contributed by atoms with Crippen LogP contribution in [0.1, 0.15) is 24.2 Å². The standard InChI is InChI=1S/C13H15NO2/c1-4-14-8-12(9(2)15)11-6-5-10(16-3)7-13(11)14/h5-8H,4H2,1-3H3. The van der Waals surface area contributed by atoms with Crippen LogP contribution in [0.25, 0.3) is 10.9 Å². The van der Waals surface area contributed by atoms with Crippen LogP contribution in [0.15, 0.2) is 24.4 Å². The molecule has 0 unspecified atom stereocenters. The number of methoxy groups -OCH3 is 1. The zero-order chi connectivity index (χ0) is 11.7. The third kappa shape index (κ3) is 1.58. The second kappa shape index (κ2) is 4.00. The van der Waals surface area contributed by atoms with Crippen LogP contribution in [-0.2, 0) is 6.54 Å². The average molecular weight is 217 g/mol. The Balaban J connectivity index is 2.74. The van der Waals surface area contributed by atoms with Gasteiger partial charge in [0, 0.05) is 29.8 Å². The molecular formula is C13H15NO2. The third-order valence-corrected chi connectivity index (χ3v) is 2.81. The number of benzene rings is 1. The molecule has 0 amide bonds. The minimum absolute atomic E-state index is 0.0994. The van der Waals surface area contributed by atoms with Crippen molar-refractivity contribution in [1.29, 1.82) is 0 Å². The number of carbonyl (C=O) groups excluding carboxylic acids is 1. The van der Waals surface area contributed by atoms with Crippen LogP contribution in [0.2, 0.25) is 0 Å². The lowest BCUT2D eigenvalue weighted by atomic mass is 10.1. The van der Waals surface area contributed by atoms with Gasteiger partial charge < -0.3 is 9.30 Å². The number of hydrogen-bond acceptors (Lipinski definition) is 2. The molecule has 0 bridgehead atoms. The van der Waals surface area contributed by atoms with Crippen molar-refractivity contribution in [3.8, 4) is 5.75 Å². The fourth-order valence-electron chi connectivity index (χ4n) is 1.94. The Morgan fingerprint density at radius 2 is 2.19 bits per heavy atom. The van der Waals surface area contributed by atoms with E-state index >= 15 is 0 Å². The number of hydrogen-bond donors (Lipinski definition) is 0. The molecule has 0 spiro atoms. The molecule has 1 heterocycles. The summed E-state index contributed by atoms with van der Waals surface area (Å²) < 4.78 is 7.26. The van der Waals surface area contributed by atoms with Crippen molar-refractivity contribution in [3.05, 3.63) is 30.0 Å². The van der Waals surface area contributed by atoms with Gasteiger partial charge >= 0.3 is 0 Å². The van der Waals surface area contributed by atoms with Crippen molar-refractivity contribution in [2.75, 3.05) is 7.11 Å². The Morgan fingerprint density at radius 3 is 2.75 bits per heavy atom. The summed E-state index contributed by atoms with van der Waals surface area (Å²) in [7, 11) is 1.65. The fourth-order valence-corrected chi connectivity index (χ4v) is 1.94. The third-order valence-electron chi connectivity index (χ3n) is 2.81. The van der Waals surface area contributed by atoms with Crippen LogP contribution in [0.3, 0.4) is 0 Å². The zero-order valence-corrected chi connectivity index (χ0v) is 9.78. The Hall–Kier alpha value is -1.77. The molecule has 0 aliphatic heterocycles. The first-order valence-corrected chi connectivity index (χ1v) is 5.35. The van der Waals surface area contributed by atoms with Gasteiger partial charge in [-0.3, -0.25) is 4.79 Å². The van der Waals surface area contributed by atoms with E-state index in [1.807, 2.05) is 24.4 Å². The van der Waals surface area contributed by atoms with Gasteiger partial charge in [-0.05, 0) is 26.0 Å². The summed E-state index contributed by atoms with van der Waals surface area (Å²) in [5.74, 6) is 0.915. The fraction of sp³-hybridized carbons (Fsp3) is 0.308. The van der Waals surface area contributed by atoms with Crippen molar-refractivity contribution in [2.24, 2.45) is 0 Å². The van der Waals surface area contributed by atoms with E-state index in [2.05, 4.69) is 11.5 Å². The summed E-state index contributed by atoms with van der Waals surface area (Å²) >= 11 is 0. The summed E-state index contributed by atoms with van der Waals surface area (Å²) in [6.07, 6.45) is 1.91. The van der Waals surface area contributed by atoms with Gasteiger partial charge in [0.2, 0.25) is 0 Å². The topological polar surface area (TPSA) is 31.2 Å². The second-order valence-corrected chi connectivity index (χ2v) is 3.77. The maximum Gasteiger partial charge on any atom is 0.161 e. The molecule has 2 rings (SSSR count). The average Bonchev–Trinajstić information content (AvgIpc) is 2.66. The van der Waals surface area contributed by atoms with E-state index in [1.54, 1.807) is 14.0 Å². The first kappa shape index (κ1) is 10.7. The quantitative estimate of drug-likeness (QED) is 0.740. The number of ether oxygens (including phenoxy) is 1. The van der Waals surface area contributed by atoms with Gasteiger partial charge in [-0.1, -0.05) is 0 Å². The van der Waals surface area contributed by atoms with Crippen molar-refractivity contribution in [2.45, 2.75) is 20.4 Å². The summed E-state index contributed by atoms with van der Waals surface area (Å²) in [6.45, 7) is 4.50. The Labute approximate surface area is 94.6 Å². The SMILES string of the molecule is CCn1cc(C(C)=O)c2ccc(OC)cc21. The zero-order valence-electron chi connectivity index (χ0n) is 9.78. The molecule has 0 saturated heterocycles. The molecule has 16 heavy (non-hydrogen) atoms. The number of Topliss-reactive ketones (excluding diaryl/α,β-unsaturated/α-hetero) is 1. The van der Waals surface area contributed by atoms with E-state index in [0.717, 1.165) is 28.8 Å². The van der Waals surface area contributed by atoms with Gasteiger partial charge in [-0.2, -0.15) is 0 Å². The highest BCUT2D eigenvalue weighted by molar-refractivity contribution is 6.07. The van der Waals surface area contributed by atoms with Crippen molar-refractivity contribution in [3.63, 3.8) is 0 Å². The first-order valence-electron chi connectivity index (χ1n) is 5.35.